The van der Waals surface area contributed by atoms with E-state index in [1.165, 1.54) is 37.1 Å². The predicted molar refractivity (Wildman–Crippen MR) is 119 cm³/mol. The number of nitrogens with one attached hydrogen (secondary N) is 2. The number of rotatable bonds is 6. The van der Waals surface area contributed by atoms with Gasteiger partial charge in [-0.25, -0.2) is 4.39 Å². The van der Waals surface area contributed by atoms with Gasteiger partial charge in [0.1, 0.15) is 11.6 Å². The van der Waals surface area contributed by atoms with Gasteiger partial charge in [-0.2, -0.15) is 0 Å². The molecular formula is C22H18ClFN2O3S. The zero-order valence-corrected chi connectivity index (χ0v) is 17.7. The molecule has 0 fully saturated rings. The van der Waals surface area contributed by atoms with Crippen LogP contribution in [0.15, 0.2) is 65.6 Å². The number of ether oxygens (including phenoxy) is 1. The molecule has 0 atom stereocenters. The molecule has 0 spiro atoms. The van der Waals surface area contributed by atoms with Crippen LogP contribution in [-0.4, -0.2) is 25.2 Å². The monoisotopic (exact) mass is 444 g/mol. The second-order valence-corrected chi connectivity index (χ2v) is 7.47. The van der Waals surface area contributed by atoms with Gasteiger partial charge < -0.3 is 15.4 Å². The van der Waals surface area contributed by atoms with Gasteiger partial charge in [0, 0.05) is 16.1 Å². The van der Waals surface area contributed by atoms with Gasteiger partial charge >= 0.3 is 0 Å². The van der Waals surface area contributed by atoms with E-state index in [1.807, 2.05) is 12.3 Å². The molecular weight excluding hydrogens is 427 g/mol. The van der Waals surface area contributed by atoms with Gasteiger partial charge in [-0.1, -0.05) is 17.7 Å². The van der Waals surface area contributed by atoms with E-state index in [0.29, 0.717) is 27.7 Å². The SMILES string of the molecule is COc1ccc(NC(=O)c2cc(SC)ccc2Cl)cc1NC(=O)c1cccc(F)c1. The molecule has 154 valence electrons. The molecule has 0 aromatic heterocycles. The highest BCUT2D eigenvalue weighted by molar-refractivity contribution is 7.98. The van der Waals surface area contributed by atoms with Crippen LogP contribution in [0.2, 0.25) is 5.02 Å². The Balaban J connectivity index is 1.84. The lowest BCUT2D eigenvalue weighted by Gasteiger charge is -2.13. The normalized spacial score (nSPS) is 10.4. The van der Waals surface area contributed by atoms with E-state index >= 15 is 0 Å². The van der Waals surface area contributed by atoms with Crippen LogP contribution in [0.1, 0.15) is 20.7 Å². The van der Waals surface area contributed by atoms with Gasteiger partial charge in [-0.15, -0.1) is 11.8 Å². The highest BCUT2D eigenvalue weighted by atomic mass is 35.5. The fraction of sp³-hybridized carbons (Fsp3) is 0.0909. The Bertz CT molecular complexity index is 1110. The van der Waals surface area contributed by atoms with Crippen molar-refractivity contribution in [3.63, 3.8) is 0 Å². The van der Waals surface area contributed by atoms with E-state index in [1.54, 1.807) is 30.3 Å². The molecule has 0 heterocycles. The molecule has 3 rings (SSSR count). The lowest BCUT2D eigenvalue weighted by atomic mass is 10.1. The Labute approximate surface area is 182 Å². The summed E-state index contributed by atoms with van der Waals surface area (Å²) in [6, 6.07) is 15.3. The molecule has 8 heteroatoms. The number of anilines is 2. The zero-order valence-electron chi connectivity index (χ0n) is 16.2. The van der Waals surface area contributed by atoms with Crippen molar-refractivity contribution in [1.29, 1.82) is 0 Å². The molecule has 0 saturated carbocycles. The molecule has 0 saturated heterocycles. The first-order valence-electron chi connectivity index (χ1n) is 8.81. The summed E-state index contributed by atoms with van der Waals surface area (Å²) in [4.78, 5) is 26.1. The summed E-state index contributed by atoms with van der Waals surface area (Å²) in [7, 11) is 1.46. The van der Waals surface area contributed by atoms with Crippen molar-refractivity contribution in [2.45, 2.75) is 4.90 Å². The fourth-order valence-electron chi connectivity index (χ4n) is 2.71. The summed E-state index contributed by atoms with van der Waals surface area (Å²) in [6.45, 7) is 0. The molecule has 0 radical (unpaired) electrons. The first-order chi connectivity index (χ1) is 14.4. The summed E-state index contributed by atoms with van der Waals surface area (Å²) < 4.78 is 18.7. The first kappa shape index (κ1) is 21.7. The smallest absolute Gasteiger partial charge is 0.257 e. The van der Waals surface area contributed by atoms with Crippen LogP contribution in [0, 0.1) is 5.82 Å². The maximum Gasteiger partial charge on any atom is 0.257 e. The number of hydrogen-bond acceptors (Lipinski definition) is 4. The third kappa shape index (κ3) is 5.11. The third-order valence-electron chi connectivity index (χ3n) is 4.21. The number of amides is 2. The zero-order chi connectivity index (χ0) is 21.7. The second kappa shape index (κ2) is 9.65. The molecule has 3 aromatic rings. The molecule has 2 amide bonds. The summed E-state index contributed by atoms with van der Waals surface area (Å²) in [5, 5.41) is 5.77. The van der Waals surface area contributed by atoms with Gasteiger partial charge in [0.25, 0.3) is 11.8 Å². The number of methoxy groups -OCH3 is 1. The highest BCUT2D eigenvalue weighted by Gasteiger charge is 2.15. The minimum absolute atomic E-state index is 0.159. The summed E-state index contributed by atoms with van der Waals surface area (Å²) in [5.74, 6) is -1.02. The standard InChI is InChI=1S/C22H18ClFN2O3S/c1-29-20-9-6-15(25-22(28)17-12-16(30-2)7-8-18(17)23)11-19(20)26-21(27)13-4-3-5-14(24)10-13/h3-12H,1-2H3,(H,25,28)(H,26,27). The number of thioether (sulfide) groups is 1. The van der Waals surface area contributed by atoms with Crippen molar-refractivity contribution in [3.8, 4) is 5.75 Å². The van der Waals surface area contributed by atoms with Crippen LogP contribution in [0.25, 0.3) is 0 Å². The minimum Gasteiger partial charge on any atom is -0.495 e. The fourth-order valence-corrected chi connectivity index (χ4v) is 3.35. The minimum atomic E-state index is -0.514. The maximum absolute atomic E-state index is 13.4. The van der Waals surface area contributed by atoms with Crippen LogP contribution >= 0.6 is 23.4 Å². The predicted octanol–water partition coefficient (Wildman–Crippen LogP) is 5.71. The molecule has 2 N–H and O–H groups in total. The average molecular weight is 445 g/mol. The topological polar surface area (TPSA) is 67.4 Å². The van der Waals surface area contributed by atoms with Crippen molar-refractivity contribution in [1.82, 2.24) is 0 Å². The van der Waals surface area contributed by atoms with Crippen LogP contribution in [-0.2, 0) is 0 Å². The molecule has 0 unspecified atom stereocenters. The lowest BCUT2D eigenvalue weighted by molar-refractivity contribution is 0.101. The number of carbonyl (C=O) groups is 2. The van der Waals surface area contributed by atoms with Crippen molar-refractivity contribution in [2.75, 3.05) is 24.0 Å². The Morgan fingerprint density at radius 2 is 1.80 bits per heavy atom. The van der Waals surface area contributed by atoms with E-state index in [-0.39, 0.29) is 11.5 Å². The van der Waals surface area contributed by atoms with Crippen molar-refractivity contribution in [3.05, 3.63) is 82.6 Å². The van der Waals surface area contributed by atoms with Gasteiger partial charge in [0.05, 0.1) is 23.4 Å². The van der Waals surface area contributed by atoms with Crippen LogP contribution < -0.4 is 15.4 Å². The molecule has 0 aliphatic carbocycles. The van der Waals surface area contributed by atoms with E-state index in [9.17, 15) is 14.0 Å². The van der Waals surface area contributed by atoms with Gasteiger partial charge in [0.15, 0.2) is 0 Å². The van der Waals surface area contributed by atoms with Crippen molar-refractivity contribution < 1.29 is 18.7 Å². The third-order valence-corrected chi connectivity index (χ3v) is 5.27. The number of halogens is 2. The average Bonchev–Trinajstić information content (AvgIpc) is 2.74. The summed E-state index contributed by atoms with van der Waals surface area (Å²) >= 11 is 7.66. The van der Waals surface area contributed by atoms with Gasteiger partial charge in [-0.05, 0) is 60.9 Å². The van der Waals surface area contributed by atoms with Crippen molar-refractivity contribution in [2.24, 2.45) is 0 Å². The molecule has 3 aromatic carbocycles. The Morgan fingerprint density at radius 1 is 1.00 bits per heavy atom. The first-order valence-corrected chi connectivity index (χ1v) is 10.4. The molecule has 0 aliphatic heterocycles. The Kier molecular flexibility index (Phi) is 6.97. The molecule has 30 heavy (non-hydrogen) atoms. The van der Waals surface area contributed by atoms with E-state index in [2.05, 4.69) is 10.6 Å². The van der Waals surface area contributed by atoms with Crippen LogP contribution in [0.4, 0.5) is 15.8 Å². The number of carbonyl (C=O) groups excluding carboxylic acids is 2. The quantitative estimate of drug-likeness (QED) is 0.477. The number of benzene rings is 3. The van der Waals surface area contributed by atoms with E-state index < -0.39 is 11.7 Å². The molecule has 5 nitrogen and oxygen atoms in total. The van der Waals surface area contributed by atoms with Crippen LogP contribution in [0.3, 0.4) is 0 Å². The van der Waals surface area contributed by atoms with E-state index in [0.717, 1.165) is 11.0 Å². The van der Waals surface area contributed by atoms with Crippen molar-refractivity contribution >= 4 is 46.6 Å². The lowest BCUT2D eigenvalue weighted by Crippen LogP contribution is -2.15. The van der Waals surface area contributed by atoms with E-state index in [4.69, 9.17) is 16.3 Å². The maximum atomic E-state index is 13.4. The molecule has 0 aliphatic rings. The highest BCUT2D eigenvalue weighted by Crippen LogP contribution is 2.29. The molecule has 0 bridgehead atoms. The summed E-state index contributed by atoms with van der Waals surface area (Å²) in [5.41, 5.74) is 1.26. The second-order valence-electron chi connectivity index (χ2n) is 6.18. The van der Waals surface area contributed by atoms with Crippen LogP contribution in [0.5, 0.6) is 5.75 Å². The Morgan fingerprint density at radius 3 is 2.50 bits per heavy atom. The largest absolute Gasteiger partial charge is 0.495 e. The Hall–Kier alpha value is -3.03. The van der Waals surface area contributed by atoms with Gasteiger partial charge in [0.2, 0.25) is 0 Å². The number of hydrogen-bond donors (Lipinski definition) is 2. The summed E-state index contributed by atoms with van der Waals surface area (Å²) in [6.07, 6.45) is 1.90. The van der Waals surface area contributed by atoms with Gasteiger partial charge in [-0.3, -0.25) is 9.59 Å².